The van der Waals surface area contributed by atoms with Crippen LogP contribution in [-0.2, 0) is 6.54 Å². The molecule has 1 aromatic heterocycles. The molecule has 0 radical (unpaired) electrons. The zero-order chi connectivity index (χ0) is 21.8. The summed E-state index contributed by atoms with van der Waals surface area (Å²) < 4.78 is 52.1. The lowest BCUT2D eigenvalue weighted by molar-refractivity contribution is -0.274. The number of halogens is 3. The number of benzene rings is 2. The Morgan fingerprint density at radius 1 is 1.00 bits per heavy atom. The number of carbonyl (C=O) groups excluding carboxylic acids is 1. The van der Waals surface area contributed by atoms with Crippen molar-refractivity contribution >= 4 is 5.91 Å². The molecular formula is C22H17F3N2O4. The first kappa shape index (κ1) is 20.5. The molecule has 6 nitrogen and oxygen atoms in total. The number of aromatic nitrogens is 1. The van der Waals surface area contributed by atoms with E-state index in [1.807, 2.05) is 12.1 Å². The van der Waals surface area contributed by atoms with Crippen molar-refractivity contribution in [1.82, 2.24) is 9.88 Å². The second-order valence-electron chi connectivity index (χ2n) is 6.68. The van der Waals surface area contributed by atoms with E-state index in [-0.39, 0.29) is 11.7 Å². The highest BCUT2D eigenvalue weighted by Crippen LogP contribution is 2.32. The number of amides is 1. The molecule has 160 valence electrons. The third-order valence-corrected chi connectivity index (χ3v) is 4.46. The summed E-state index contributed by atoms with van der Waals surface area (Å²) in [5.74, 6) is 0.504. The number of ether oxygens (including phenoxy) is 3. The predicted molar refractivity (Wildman–Crippen MR) is 104 cm³/mol. The van der Waals surface area contributed by atoms with Crippen LogP contribution >= 0.6 is 0 Å². The van der Waals surface area contributed by atoms with Crippen molar-refractivity contribution in [2.75, 3.05) is 13.2 Å². The van der Waals surface area contributed by atoms with Crippen molar-refractivity contribution in [2.45, 2.75) is 12.9 Å². The van der Waals surface area contributed by atoms with Crippen molar-refractivity contribution in [3.05, 3.63) is 78.1 Å². The van der Waals surface area contributed by atoms with Gasteiger partial charge in [0.2, 0.25) is 0 Å². The molecule has 1 amide bonds. The molecule has 0 N–H and O–H groups in total. The van der Waals surface area contributed by atoms with Crippen LogP contribution in [0, 0.1) is 0 Å². The highest BCUT2D eigenvalue weighted by atomic mass is 19.4. The topological polar surface area (TPSA) is 60.9 Å². The molecule has 0 fully saturated rings. The van der Waals surface area contributed by atoms with Gasteiger partial charge >= 0.3 is 6.36 Å². The van der Waals surface area contributed by atoms with E-state index in [4.69, 9.17) is 9.47 Å². The molecule has 1 aliphatic rings. The highest BCUT2D eigenvalue weighted by molar-refractivity contribution is 5.97. The summed E-state index contributed by atoms with van der Waals surface area (Å²) in [6, 6.07) is 15.3. The van der Waals surface area contributed by atoms with Crippen molar-refractivity contribution in [3.8, 4) is 23.0 Å². The second-order valence-corrected chi connectivity index (χ2v) is 6.68. The lowest BCUT2D eigenvalue weighted by atomic mass is 10.1. The zero-order valence-corrected chi connectivity index (χ0v) is 16.1. The van der Waals surface area contributed by atoms with Gasteiger partial charge in [0.15, 0.2) is 0 Å². The average molecular weight is 430 g/mol. The normalized spacial score (nSPS) is 13.8. The number of hydrogen-bond donors (Lipinski definition) is 0. The molecular weight excluding hydrogens is 413 g/mol. The van der Waals surface area contributed by atoms with E-state index in [9.17, 15) is 18.0 Å². The maximum atomic E-state index is 13.1. The fourth-order valence-electron chi connectivity index (χ4n) is 3.09. The number of hydrogen-bond acceptors (Lipinski definition) is 5. The molecule has 3 aromatic rings. The summed E-state index contributed by atoms with van der Waals surface area (Å²) in [5, 5.41) is 0. The molecule has 2 heterocycles. The summed E-state index contributed by atoms with van der Waals surface area (Å²) in [6.45, 7) is 1.08. The SMILES string of the molecule is O=C1c2cc(Oc3ccc(OC(F)(F)F)cc3)ccc2OCCN1Cc1ccccn1. The number of alkyl halides is 3. The van der Waals surface area contributed by atoms with Gasteiger partial charge in [-0.15, -0.1) is 13.2 Å². The number of fused-ring (bicyclic) bond motifs is 1. The molecule has 4 rings (SSSR count). The van der Waals surface area contributed by atoms with Gasteiger partial charge in [-0.1, -0.05) is 6.07 Å². The van der Waals surface area contributed by atoms with Crippen LogP contribution in [0.15, 0.2) is 66.9 Å². The van der Waals surface area contributed by atoms with E-state index in [1.165, 1.54) is 12.1 Å². The maximum Gasteiger partial charge on any atom is 0.573 e. The zero-order valence-electron chi connectivity index (χ0n) is 16.1. The second kappa shape index (κ2) is 8.55. The smallest absolute Gasteiger partial charge is 0.491 e. The van der Waals surface area contributed by atoms with Gasteiger partial charge in [0.1, 0.15) is 29.6 Å². The Morgan fingerprint density at radius 2 is 1.74 bits per heavy atom. The predicted octanol–water partition coefficient (Wildman–Crippen LogP) is 4.81. The summed E-state index contributed by atoms with van der Waals surface area (Å²) >= 11 is 0. The third-order valence-electron chi connectivity index (χ3n) is 4.46. The van der Waals surface area contributed by atoms with Crippen molar-refractivity contribution in [1.29, 1.82) is 0 Å². The van der Waals surface area contributed by atoms with E-state index < -0.39 is 6.36 Å². The summed E-state index contributed by atoms with van der Waals surface area (Å²) in [4.78, 5) is 19.0. The lowest BCUT2D eigenvalue weighted by Crippen LogP contribution is -2.32. The van der Waals surface area contributed by atoms with Crippen LogP contribution in [0.3, 0.4) is 0 Å². The molecule has 9 heteroatoms. The van der Waals surface area contributed by atoms with E-state index in [0.717, 1.165) is 17.8 Å². The average Bonchev–Trinajstić information content (AvgIpc) is 2.88. The van der Waals surface area contributed by atoms with Crippen molar-refractivity contribution in [2.24, 2.45) is 0 Å². The summed E-state index contributed by atoms with van der Waals surface area (Å²) in [6.07, 6.45) is -3.10. The Hall–Kier alpha value is -3.75. The minimum atomic E-state index is -4.76. The van der Waals surface area contributed by atoms with Crippen LogP contribution in [0.5, 0.6) is 23.0 Å². The lowest BCUT2D eigenvalue weighted by Gasteiger charge is -2.19. The fraction of sp³-hybridized carbons (Fsp3) is 0.182. The molecule has 0 saturated carbocycles. The molecule has 2 aromatic carbocycles. The molecule has 0 spiro atoms. The van der Waals surface area contributed by atoms with Crippen LogP contribution in [0.4, 0.5) is 13.2 Å². The van der Waals surface area contributed by atoms with Crippen LogP contribution in [0.1, 0.15) is 16.1 Å². The van der Waals surface area contributed by atoms with E-state index >= 15 is 0 Å². The van der Waals surface area contributed by atoms with Gasteiger partial charge in [-0.3, -0.25) is 9.78 Å². The van der Waals surface area contributed by atoms with Gasteiger partial charge in [-0.2, -0.15) is 0 Å². The molecule has 0 bridgehead atoms. The fourth-order valence-corrected chi connectivity index (χ4v) is 3.09. The quantitative estimate of drug-likeness (QED) is 0.582. The number of pyridine rings is 1. The summed E-state index contributed by atoms with van der Waals surface area (Å²) in [5.41, 5.74) is 1.09. The Balaban J connectivity index is 1.51. The van der Waals surface area contributed by atoms with Gasteiger partial charge in [0, 0.05) is 6.20 Å². The Kier molecular flexibility index (Phi) is 5.66. The van der Waals surface area contributed by atoms with Crippen LogP contribution < -0.4 is 14.2 Å². The first-order valence-corrected chi connectivity index (χ1v) is 9.37. The first-order chi connectivity index (χ1) is 14.9. The summed E-state index contributed by atoms with van der Waals surface area (Å²) in [7, 11) is 0. The Labute approximate surface area is 175 Å². The van der Waals surface area contributed by atoms with Crippen LogP contribution in [0.2, 0.25) is 0 Å². The van der Waals surface area contributed by atoms with Gasteiger partial charge in [-0.25, -0.2) is 0 Å². The Morgan fingerprint density at radius 3 is 2.45 bits per heavy atom. The molecule has 31 heavy (non-hydrogen) atoms. The van der Waals surface area contributed by atoms with Crippen molar-refractivity contribution in [3.63, 3.8) is 0 Å². The third kappa shape index (κ3) is 5.25. The number of rotatable bonds is 5. The van der Waals surface area contributed by atoms with Gasteiger partial charge in [-0.05, 0) is 54.6 Å². The molecule has 0 atom stereocenters. The van der Waals surface area contributed by atoms with Gasteiger partial charge in [0.25, 0.3) is 5.91 Å². The van der Waals surface area contributed by atoms with Crippen molar-refractivity contribution < 1.29 is 32.2 Å². The standard InChI is InChI=1S/C22H17F3N2O4/c23-22(24,25)31-17-6-4-16(5-7-17)30-18-8-9-20-19(13-18)21(28)27(11-12-29-20)14-15-3-1-2-10-26-15/h1-10,13H,11-12,14H2. The van der Waals surface area contributed by atoms with E-state index in [0.29, 0.717) is 42.5 Å². The monoisotopic (exact) mass is 430 g/mol. The van der Waals surface area contributed by atoms with E-state index in [1.54, 1.807) is 35.4 Å². The van der Waals surface area contributed by atoms with Crippen LogP contribution in [0.25, 0.3) is 0 Å². The van der Waals surface area contributed by atoms with Crippen LogP contribution in [-0.4, -0.2) is 35.3 Å². The van der Waals surface area contributed by atoms with Gasteiger partial charge < -0.3 is 19.1 Å². The molecule has 1 aliphatic heterocycles. The number of carbonyl (C=O) groups is 1. The maximum absolute atomic E-state index is 13.1. The minimum absolute atomic E-state index is 0.225. The molecule has 0 saturated heterocycles. The van der Waals surface area contributed by atoms with Gasteiger partial charge in [0.05, 0.1) is 24.3 Å². The largest absolute Gasteiger partial charge is 0.573 e. The Bertz CT molecular complexity index is 1060. The molecule has 0 unspecified atom stereocenters. The van der Waals surface area contributed by atoms with E-state index in [2.05, 4.69) is 9.72 Å². The first-order valence-electron chi connectivity index (χ1n) is 9.37. The highest BCUT2D eigenvalue weighted by Gasteiger charge is 2.31. The molecule has 0 aliphatic carbocycles. The minimum Gasteiger partial charge on any atom is -0.491 e. The number of nitrogens with zero attached hydrogens (tertiary/aromatic N) is 2.